The normalized spacial score (nSPS) is 15.0. The molecule has 0 bridgehead atoms. The zero-order chi connectivity index (χ0) is 17.8. The standard InChI is InChI=1S/C18H22N4O3/c1-14(23)20-9-3-10-21(13-12-20)18(24)17-8-11-22(19-17)15-4-6-16(25-2)7-5-15/h4-8,11H,3,9-10,12-13H2,1-2H3. The molecule has 1 saturated heterocycles. The highest BCUT2D eigenvalue weighted by Gasteiger charge is 2.22. The molecule has 0 atom stereocenters. The summed E-state index contributed by atoms with van der Waals surface area (Å²) in [7, 11) is 1.62. The molecule has 2 amide bonds. The third-order valence-corrected chi connectivity index (χ3v) is 4.37. The third kappa shape index (κ3) is 3.81. The zero-order valence-electron chi connectivity index (χ0n) is 14.5. The Balaban J connectivity index is 1.70. The van der Waals surface area contributed by atoms with Crippen molar-refractivity contribution in [3.05, 3.63) is 42.2 Å². The van der Waals surface area contributed by atoms with Crippen molar-refractivity contribution in [1.29, 1.82) is 0 Å². The van der Waals surface area contributed by atoms with E-state index in [0.717, 1.165) is 17.9 Å². The molecule has 0 N–H and O–H groups in total. The Morgan fingerprint density at radius 1 is 1.00 bits per heavy atom. The van der Waals surface area contributed by atoms with Crippen LogP contribution in [0.3, 0.4) is 0 Å². The average molecular weight is 342 g/mol. The van der Waals surface area contributed by atoms with Gasteiger partial charge in [-0.25, -0.2) is 4.68 Å². The summed E-state index contributed by atoms with van der Waals surface area (Å²) in [5.74, 6) is 0.725. The fourth-order valence-electron chi connectivity index (χ4n) is 2.91. The summed E-state index contributed by atoms with van der Waals surface area (Å²) in [6, 6.07) is 9.20. The molecule has 2 aromatic rings. The minimum Gasteiger partial charge on any atom is -0.497 e. The van der Waals surface area contributed by atoms with Crippen molar-refractivity contribution in [2.75, 3.05) is 33.3 Å². The quantitative estimate of drug-likeness (QED) is 0.849. The van der Waals surface area contributed by atoms with E-state index in [-0.39, 0.29) is 11.8 Å². The molecule has 0 radical (unpaired) electrons. The topological polar surface area (TPSA) is 67.7 Å². The van der Waals surface area contributed by atoms with Gasteiger partial charge in [-0.3, -0.25) is 9.59 Å². The van der Waals surface area contributed by atoms with E-state index in [1.807, 2.05) is 24.3 Å². The number of carbonyl (C=O) groups is 2. The van der Waals surface area contributed by atoms with Crippen molar-refractivity contribution >= 4 is 11.8 Å². The summed E-state index contributed by atoms with van der Waals surface area (Å²) in [6.45, 7) is 4.00. The number of aromatic nitrogens is 2. The Labute approximate surface area is 146 Å². The van der Waals surface area contributed by atoms with Crippen molar-refractivity contribution < 1.29 is 14.3 Å². The first-order chi connectivity index (χ1) is 12.1. The van der Waals surface area contributed by atoms with Gasteiger partial charge in [0.2, 0.25) is 5.91 Å². The van der Waals surface area contributed by atoms with Gasteiger partial charge in [0.05, 0.1) is 12.8 Å². The summed E-state index contributed by atoms with van der Waals surface area (Å²) in [5, 5.41) is 4.40. The number of methoxy groups -OCH3 is 1. The van der Waals surface area contributed by atoms with Gasteiger partial charge in [-0.2, -0.15) is 5.10 Å². The average Bonchev–Trinajstić information content (AvgIpc) is 2.98. The predicted molar refractivity (Wildman–Crippen MR) is 92.9 cm³/mol. The molecule has 132 valence electrons. The van der Waals surface area contributed by atoms with Crippen molar-refractivity contribution in [2.24, 2.45) is 0 Å². The summed E-state index contributed by atoms with van der Waals surface area (Å²) in [5.41, 5.74) is 1.27. The molecule has 3 rings (SSSR count). The van der Waals surface area contributed by atoms with Crippen LogP contribution < -0.4 is 4.74 Å². The molecule has 1 aromatic heterocycles. The Kier molecular flexibility index (Phi) is 5.02. The van der Waals surface area contributed by atoms with E-state index >= 15 is 0 Å². The van der Waals surface area contributed by atoms with E-state index in [1.165, 1.54) is 0 Å². The number of amides is 2. The summed E-state index contributed by atoms with van der Waals surface area (Å²) < 4.78 is 6.82. The molecule has 1 aromatic carbocycles. The first kappa shape index (κ1) is 17.0. The number of hydrogen-bond donors (Lipinski definition) is 0. The lowest BCUT2D eigenvalue weighted by molar-refractivity contribution is -0.128. The molecule has 7 nitrogen and oxygen atoms in total. The molecule has 1 aliphatic rings. The maximum Gasteiger partial charge on any atom is 0.274 e. The summed E-state index contributed by atoms with van der Waals surface area (Å²) in [6.07, 6.45) is 2.55. The minimum absolute atomic E-state index is 0.0538. The number of rotatable bonds is 3. The molecule has 7 heteroatoms. The number of ether oxygens (including phenoxy) is 1. The van der Waals surface area contributed by atoms with Crippen LogP contribution in [0.2, 0.25) is 0 Å². The van der Waals surface area contributed by atoms with Gasteiger partial charge in [0.25, 0.3) is 5.91 Å². The molecule has 0 aliphatic carbocycles. The van der Waals surface area contributed by atoms with E-state index in [4.69, 9.17) is 4.74 Å². The van der Waals surface area contributed by atoms with Crippen molar-refractivity contribution in [1.82, 2.24) is 19.6 Å². The molecule has 2 heterocycles. The largest absolute Gasteiger partial charge is 0.497 e. The van der Waals surface area contributed by atoms with Gasteiger partial charge < -0.3 is 14.5 Å². The monoisotopic (exact) mass is 342 g/mol. The van der Waals surface area contributed by atoms with Crippen LogP contribution in [0.25, 0.3) is 5.69 Å². The molecule has 1 aliphatic heterocycles. The van der Waals surface area contributed by atoms with Crippen LogP contribution in [0.15, 0.2) is 36.5 Å². The fraction of sp³-hybridized carbons (Fsp3) is 0.389. The van der Waals surface area contributed by atoms with Crippen LogP contribution in [-0.4, -0.2) is 64.7 Å². The number of nitrogens with zero attached hydrogens (tertiary/aromatic N) is 4. The van der Waals surface area contributed by atoms with Crippen LogP contribution >= 0.6 is 0 Å². The summed E-state index contributed by atoms with van der Waals surface area (Å²) >= 11 is 0. The van der Waals surface area contributed by atoms with E-state index < -0.39 is 0 Å². The zero-order valence-corrected chi connectivity index (χ0v) is 14.5. The fourth-order valence-corrected chi connectivity index (χ4v) is 2.91. The lowest BCUT2D eigenvalue weighted by atomic mass is 10.3. The molecule has 0 saturated carbocycles. The van der Waals surface area contributed by atoms with Crippen LogP contribution in [0.5, 0.6) is 5.75 Å². The minimum atomic E-state index is -0.0994. The van der Waals surface area contributed by atoms with Gasteiger partial charge in [-0.15, -0.1) is 0 Å². The lowest BCUT2D eigenvalue weighted by Gasteiger charge is -2.20. The maximum absolute atomic E-state index is 12.7. The highest BCUT2D eigenvalue weighted by Crippen LogP contribution is 2.15. The van der Waals surface area contributed by atoms with E-state index in [0.29, 0.717) is 31.9 Å². The van der Waals surface area contributed by atoms with Crippen LogP contribution in [0, 0.1) is 0 Å². The number of carbonyl (C=O) groups excluding carboxylic acids is 2. The molecular weight excluding hydrogens is 320 g/mol. The van der Waals surface area contributed by atoms with Crippen molar-refractivity contribution in [3.8, 4) is 11.4 Å². The van der Waals surface area contributed by atoms with Crippen LogP contribution in [0.1, 0.15) is 23.8 Å². The third-order valence-electron chi connectivity index (χ3n) is 4.37. The Hall–Kier alpha value is -2.83. The highest BCUT2D eigenvalue weighted by atomic mass is 16.5. The van der Waals surface area contributed by atoms with Gasteiger partial charge >= 0.3 is 0 Å². The van der Waals surface area contributed by atoms with Crippen LogP contribution in [0.4, 0.5) is 0 Å². The first-order valence-electron chi connectivity index (χ1n) is 8.33. The van der Waals surface area contributed by atoms with Gasteiger partial charge in [0, 0.05) is 39.3 Å². The second kappa shape index (κ2) is 7.38. The van der Waals surface area contributed by atoms with Gasteiger partial charge in [0.15, 0.2) is 5.69 Å². The molecule has 1 fully saturated rings. The number of benzene rings is 1. The first-order valence-corrected chi connectivity index (χ1v) is 8.33. The van der Waals surface area contributed by atoms with Crippen LogP contribution in [-0.2, 0) is 4.79 Å². The van der Waals surface area contributed by atoms with Gasteiger partial charge in [-0.05, 0) is 36.8 Å². The van der Waals surface area contributed by atoms with Crippen molar-refractivity contribution in [3.63, 3.8) is 0 Å². The SMILES string of the molecule is COc1ccc(-n2ccc(C(=O)N3CCCN(C(C)=O)CC3)n2)cc1. The van der Waals surface area contributed by atoms with Gasteiger partial charge in [-0.1, -0.05) is 0 Å². The maximum atomic E-state index is 12.7. The van der Waals surface area contributed by atoms with E-state index in [2.05, 4.69) is 5.10 Å². The Morgan fingerprint density at radius 2 is 1.68 bits per heavy atom. The Morgan fingerprint density at radius 3 is 2.36 bits per heavy atom. The number of hydrogen-bond acceptors (Lipinski definition) is 4. The highest BCUT2D eigenvalue weighted by molar-refractivity contribution is 5.92. The molecular formula is C18H22N4O3. The Bertz CT molecular complexity index is 754. The smallest absolute Gasteiger partial charge is 0.274 e. The molecule has 0 spiro atoms. The lowest BCUT2D eigenvalue weighted by Crippen LogP contribution is -2.36. The molecule has 25 heavy (non-hydrogen) atoms. The second-order valence-corrected chi connectivity index (χ2v) is 6.00. The molecule has 0 unspecified atom stereocenters. The van der Waals surface area contributed by atoms with E-state index in [1.54, 1.807) is 40.8 Å². The predicted octanol–water partition coefficient (Wildman–Crippen LogP) is 1.58. The second-order valence-electron chi connectivity index (χ2n) is 6.00. The summed E-state index contributed by atoms with van der Waals surface area (Å²) in [4.78, 5) is 27.8. The van der Waals surface area contributed by atoms with E-state index in [9.17, 15) is 9.59 Å². The van der Waals surface area contributed by atoms with Gasteiger partial charge in [0.1, 0.15) is 5.75 Å². The van der Waals surface area contributed by atoms with Crippen molar-refractivity contribution in [2.45, 2.75) is 13.3 Å².